The van der Waals surface area contributed by atoms with Crippen molar-refractivity contribution in [2.75, 3.05) is 36.4 Å². The minimum Gasteiger partial charge on any atom is -0.368 e. The summed E-state index contributed by atoms with van der Waals surface area (Å²) in [4.78, 5) is 18.6. The van der Waals surface area contributed by atoms with Crippen molar-refractivity contribution < 1.29 is 4.79 Å². The maximum atomic E-state index is 12.1. The highest BCUT2D eigenvalue weighted by Gasteiger charge is 2.13. The minimum absolute atomic E-state index is 0.205. The third kappa shape index (κ3) is 3.03. The maximum Gasteiger partial charge on any atom is 0.260 e. The first kappa shape index (κ1) is 13.6. The van der Waals surface area contributed by atoms with Crippen LogP contribution in [0.15, 0.2) is 24.5 Å². The van der Waals surface area contributed by atoms with E-state index in [1.165, 1.54) is 6.20 Å². The van der Waals surface area contributed by atoms with E-state index in [2.05, 4.69) is 30.7 Å². The van der Waals surface area contributed by atoms with Crippen LogP contribution in [0.5, 0.6) is 0 Å². The molecule has 0 radical (unpaired) electrons. The Morgan fingerprint density at radius 1 is 1.29 bits per heavy atom. The SMILES string of the molecule is Cc1[nH]ncc1C(=O)Nc1ccc(N2CCNCC2)cn1. The summed E-state index contributed by atoms with van der Waals surface area (Å²) in [5.41, 5.74) is 2.35. The number of nitrogens with one attached hydrogen (secondary N) is 3. The third-order valence-electron chi connectivity index (χ3n) is 3.55. The molecule has 1 aliphatic heterocycles. The summed E-state index contributed by atoms with van der Waals surface area (Å²) < 4.78 is 0. The molecule has 1 fully saturated rings. The van der Waals surface area contributed by atoms with Gasteiger partial charge in [-0.15, -0.1) is 0 Å². The van der Waals surface area contributed by atoms with Crippen molar-refractivity contribution in [1.29, 1.82) is 0 Å². The number of rotatable bonds is 3. The van der Waals surface area contributed by atoms with Crippen molar-refractivity contribution in [3.8, 4) is 0 Å². The smallest absolute Gasteiger partial charge is 0.260 e. The molecule has 0 saturated carbocycles. The van der Waals surface area contributed by atoms with Crippen molar-refractivity contribution in [2.45, 2.75) is 6.92 Å². The standard InChI is InChI=1S/C14H18N6O/c1-10-12(9-17-19-10)14(21)18-13-3-2-11(8-16-13)20-6-4-15-5-7-20/h2-3,8-9,15H,4-7H2,1H3,(H,17,19)(H,16,18,21). The Morgan fingerprint density at radius 3 is 2.71 bits per heavy atom. The van der Waals surface area contributed by atoms with Crippen molar-refractivity contribution >= 4 is 17.4 Å². The Balaban J connectivity index is 1.67. The highest BCUT2D eigenvalue weighted by atomic mass is 16.1. The molecule has 0 unspecified atom stereocenters. The quantitative estimate of drug-likeness (QED) is 0.776. The van der Waals surface area contributed by atoms with Gasteiger partial charge in [0.25, 0.3) is 5.91 Å². The molecule has 0 aromatic carbocycles. The Bertz CT molecular complexity index is 615. The fourth-order valence-electron chi connectivity index (χ4n) is 2.33. The number of H-pyrrole nitrogens is 1. The van der Waals surface area contributed by atoms with Crippen molar-refractivity contribution in [1.82, 2.24) is 20.5 Å². The average molecular weight is 286 g/mol. The topological polar surface area (TPSA) is 85.9 Å². The largest absolute Gasteiger partial charge is 0.368 e. The molecule has 110 valence electrons. The number of carbonyl (C=O) groups is 1. The number of pyridine rings is 1. The van der Waals surface area contributed by atoms with Crippen LogP contribution in [-0.4, -0.2) is 47.3 Å². The fraction of sp³-hybridized carbons (Fsp3) is 0.357. The molecule has 0 bridgehead atoms. The first-order chi connectivity index (χ1) is 10.2. The number of carbonyl (C=O) groups excluding carboxylic acids is 1. The summed E-state index contributed by atoms with van der Waals surface area (Å²) in [6.07, 6.45) is 3.31. The van der Waals surface area contributed by atoms with Crippen molar-refractivity contribution in [3.05, 3.63) is 35.8 Å². The molecular weight excluding hydrogens is 268 g/mol. The van der Waals surface area contributed by atoms with Gasteiger partial charge in [0.15, 0.2) is 0 Å². The van der Waals surface area contributed by atoms with Gasteiger partial charge in [-0.05, 0) is 19.1 Å². The molecule has 0 atom stereocenters. The van der Waals surface area contributed by atoms with Crippen LogP contribution in [0.3, 0.4) is 0 Å². The molecule has 0 aliphatic carbocycles. The predicted molar refractivity (Wildman–Crippen MR) is 80.6 cm³/mol. The molecule has 3 heterocycles. The second-order valence-corrected chi connectivity index (χ2v) is 5.00. The zero-order valence-corrected chi connectivity index (χ0v) is 11.9. The Morgan fingerprint density at radius 2 is 2.10 bits per heavy atom. The van der Waals surface area contributed by atoms with Crippen LogP contribution in [-0.2, 0) is 0 Å². The number of aromatic nitrogens is 3. The van der Waals surface area contributed by atoms with E-state index < -0.39 is 0 Å². The Labute approximate surface area is 122 Å². The summed E-state index contributed by atoms with van der Waals surface area (Å²) in [6, 6.07) is 3.81. The number of piperazine rings is 1. The molecular formula is C14H18N6O. The van der Waals surface area contributed by atoms with Crippen molar-refractivity contribution in [3.63, 3.8) is 0 Å². The minimum atomic E-state index is -0.205. The van der Waals surface area contributed by atoms with Gasteiger partial charge in [-0.1, -0.05) is 0 Å². The van der Waals surface area contributed by atoms with Crippen LogP contribution < -0.4 is 15.5 Å². The molecule has 1 amide bonds. The molecule has 0 spiro atoms. The van der Waals surface area contributed by atoms with Gasteiger partial charge in [0.2, 0.25) is 0 Å². The van der Waals surface area contributed by atoms with Crippen molar-refractivity contribution in [2.24, 2.45) is 0 Å². The van der Waals surface area contributed by atoms with Crippen LogP contribution >= 0.6 is 0 Å². The lowest BCUT2D eigenvalue weighted by Crippen LogP contribution is -2.43. The van der Waals surface area contributed by atoms with E-state index >= 15 is 0 Å². The number of amides is 1. The highest BCUT2D eigenvalue weighted by Crippen LogP contribution is 2.16. The number of nitrogens with zero attached hydrogens (tertiary/aromatic N) is 3. The molecule has 3 rings (SSSR count). The summed E-state index contributed by atoms with van der Waals surface area (Å²) >= 11 is 0. The predicted octanol–water partition coefficient (Wildman–Crippen LogP) is 0.775. The van der Waals surface area contributed by atoms with Gasteiger partial charge in [-0.3, -0.25) is 9.89 Å². The van der Waals surface area contributed by atoms with Gasteiger partial charge in [-0.2, -0.15) is 5.10 Å². The first-order valence-electron chi connectivity index (χ1n) is 6.97. The van der Waals surface area contributed by atoms with E-state index in [1.807, 2.05) is 19.1 Å². The van der Waals surface area contributed by atoms with Crippen LogP contribution in [0.2, 0.25) is 0 Å². The number of hydrogen-bond donors (Lipinski definition) is 3. The van der Waals surface area contributed by atoms with Crippen LogP contribution in [0, 0.1) is 6.92 Å². The van der Waals surface area contributed by atoms with Gasteiger partial charge >= 0.3 is 0 Å². The summed E-state index contributed by atoms with van der Waals surface area (Å²) in [5.74, 6) is 0.336. The summed E-state index contributed by atoms with van der Waals surface area (Å²) in [5, 5.41) is 12.7. The molecule has 1 saturated heterocycles. The molecule has 2 aromatic heterocycles. The lowest BCUT2D eigenvalue weighted by molar-refractivity contribution is 0.102. The van der Waals surface area contributed by atoms with Gasteiger partial charge in [-0.25, -0.2) is 4.98 Å². The van der Waals surface area contributed by atoms with E-state index in [4.69, 9.17) is 0 Å². The van der Waals surface area contributed by atoms with Crippen LogP contribution in [0.4, 0.5) is 11.5 Å². The number of aryl methyl sites for hydroxylation is 1. The van der Waals surface area contributed by atoms with Gasteiger partial charge in [0.05, 0.1) is 23.6 Å². The zero-order chi connectivity index (χ0) is 14.7. The first-order valence-corrected chi connectivity index (χ1v) is 6.97. The lowest BCUT2D eigenvalue weighted by atomic mass is 10.2. The second kappa shape index (κ2) is 5.92. The van der Waals surface area contributed by atoms with Gasteiger partial charge in [0.1, 0.15) is 5.82 Å². The maximum absolute atomic E-state index is 12.1. The van der Waals surface area contributed by atoms with E-state index in [9.17, 15) is 4.79 Å². The monoisotopic (exact) mass is 286 g/mol. The molecule has 7 nitrogen and oxygen atoms in total. The van der Waals surface area contributed by atoms with E-state index in [0.29, 0.717) is 11.4 Å². The second-order valence-electron chi connectivity index (χ2n) is 5.00. The van der Waals surface area contributed by atoms with E-state index in [1.54, 1.807) is 6.20 Å². The summed E-state index contributed by atoms with van der Waals surface area (Å²) in [6.45, 7) is 5.72. The van der Waals surface area contributed by atoms with Gasteiger partial charge < -0.3 is 15.5 Å². The van der Waals surface area contributed by atoms with Crippen LogP contribution in [0.1, 0.15) is 16.1 Å². The number of anilines is 2. The normalized spacial score (nSPS) is 15.0. The van der Waals surface area contributed by atoms with E-state index in [0.717, 1.165) is 37.6 Å². The average Bonchev–Trinajstić information content (AvgIpc) is 2.95. The fourth-order valence-corrected chi connectivity index (χ4v) is 2.33. The molecule has 21 heavy (non-hydrogen) atoms. The Kier molecular flexibility index (Phi) is 3.83. The third-order valence-corrected chi connectivity index (χ3v) is 3.55. The number of hydrogen-bond acceptors (Lipinski definition) is 5. The molecule has 7 heteroatoms. The van der Waals surface area contributed by atoms with Crippen LogP contribution in [0.25, 0.3) is 0 Å². The van der Waals surface area contributed by atoms with E-state index in [-0.39, 0.29) is 5.91 Å². The number of aromatic amines is 1. The summed E-state index contributed by atoms with van der Waals surface area (Å²) in [7, 11) is 0. The molecule has 3 N–H and O–H groups in total. The zero-order valence-electron chi connectivity index (χ0n) is 11.9. The lowest BCUT2D eigenvalue weighted by Gasteiger charge is -2.29. The highest BCUT2D eigenvalue weighted by molar-refractivity contribution is 6.04. The Hall–Kier alpha value is -2.41. The molecule has 2 aromatic rings. The molecule has 1 aliphatic rings. The van der Waals surface area contributed by atoms with Gasteiger partial charge in [0, 0.05) is 31.9 Å².